The Morgan fingerprint density at radius 3 is 2.43 bits per heavy atom. The normalized spacial score (nSPS) is 20.9. The standard InChI is InChI=1S/C26H26S2/c1-4-5-6-17-24(28)26(3,22-15-9-10-16-23(22)27)25(2)18-11-14-20-12-7-8-13-21(20)19-25/h4-19,27H,1-3H3/b5-4-,17-6-. The van der Waals surface area contributed by atoms with Crippen LogP contribution in [-0.4, -0.2) is 4.86 Å². The highest BCUT2D eigenvalue weighted by Crippen LogP contribution is 2.48. The van der Waals surface area contributed by atoms with E-state index in [0.717, 1.165) is 15.3 Å². The fourth-order valence-electron chi connectivity index (χ4n) is 3.83. The second-order valence-electron chi connectivity index (χ2n) is 7.47. The zero-order chi connectivity index (χ0) is 20.2. The van der Waals surface area contributed by atoms with Crippen molar-refractivity contribution >= 4 is 41.9 Å². The summed E-state index contributed by atoms with van der Waals surface area (Å²) in [5.41, 5.74) is 0.364. The van der Waals surface area contributed by atoms with E-state index in [4.69, 9.17) is 24.8 Å². The van der Waals surface area contributed by atoms with Gasteiger partial charge in [-0.1, -0.05) is 104 Å². The van der Waals surface area contributed by atoms with Gasteiger partial charge in [0.25, 0.3) is 0 Å². The average molecular weight is 403 g/mol. The summed E-state index contributed by atoms with van der Waals surface area (Å²) in [5, 5.41) is 2.44. The van der Waals surface area contributed by atoms with E-state index in [1.807, 2.05) is 43.4 Å². The Hall–Kier alpha value is -2.16. The average Bonchev–Trinajstić information content (AvgIpc) is 2.86. The topological polar surface area (TPSA) is 0 Å². The number of thiol groups is 1. The van der Waals surface area contributed by atoms with Gasteiger partial charge in [0, 0.05) is 20.6 Å². The Bertz CT molecular complexity index is 1090. The van der Waals surface area contributed by atoms with Crippen molar-refractivity contribution < 1.29 is 0 Å². The highest BCUT2D eigenvalue weighted by molar-refractivity contribution is 7.81. The van der Waals surface area contributed by atoms with Crippen LogP contribution in [0.3, 0.4) is 0 Å². The van der Waals surface area contributed by atoms with Crippen molar-refractivity contribution in [3.63, 3.8) is 0 Å². The number of fused-ring (bicyclic) bond motifs is 1. The lowest BCUT2D eigenvalue weighted by Gasteiger charge is -2.44. The molecule has 0 N–H and O–H groups in total. The van der Waals surface area contributed by atoms with Gasteiger partial charge in [-0.25, -0.2) is 0 Å². The maximum atomic E-state index is 6.02. The Balaban J connectivity index is 2.29. The van der Waals surface area contributed by atoms with Crippen molar-refractivity contribution in [1.29, 1.82) is 0 Å². The van der Waals surface area contributed by atoms with Gasteiger partial charge >= 0.3 is 0 Å². The number of thiocarbonyl (C=S) groups is 1. The van der Waals surface area contributed by atoms with Crippen LogP contribution in [0.2, 0.25) is 0 Å². The number of hydrogen-bond donors (Lipinski definition) is 1. The van der Waals surface area contributed by atoms with E-state index in [9.17, 15) is 0 Å². The third-order valence-corrected chi connectivity index (χ3v) is 6.67. The van der Waals surface area contributed by atoms with Crippen LogP contribution in [0.5, 0.6) is 0 Å². The van der Waals surface area contributed by atoms with Gasteiger partial charge in [-0.05, 0) is 42.0 Å². The molecule has 0 bridgehead atoms. The van der Waals surface area contributed by atoms with Crippen LogP contribution in [0.4, 0.5) is 0 Å². The molecule has 0 saturated heterocycles. The van der Waals surface area contributed by atoms with E-state index in [0.29, 0.717) is 0 Å². The van der Waals surface area contributed by atoms with Crippen molar-refractivity contribution in [2.45, 2.75) is 31.1 Å². The van der Waals surface area contributed by atoms with Crippen molar-refractivity contribution in [2.75, 3.05) is 0 Å². The van der Waals surface area contributed by atoms with E-state index in [1.165, 1.54) is 10.4 Å². The smallest absolute Gasteiger partial charge is 0.0410 e. The molecule has 0 radical (unpaired) electrons. The number of allylic oxidation sites excluding steroid dienone is 6. The fourth-order valence-corrected chi connectivity index (χ4v) is 4.63. The van der Waals surface area contributed by atoms with E-state index >= 15 is 0 Å². The Morgan fingerprint density at radius 1 is 1.04 bits per heavy atom. The highest BCUT2D eigenvalue weighted by Gasteiger charge is 2.46. The zero-order valence-corrected chi connectivity index (χ0v) is 18.3. The van der Waals surface area contributed by atoms with Gasteiger partial charge in [-0.2, -0.15) is 0 Å². The lowest BCUT2D eigenvalue weighted by Crippen LogP contribution is -2.46. The summed E-state index contributed by atoms with van der Waals surface area (Å²) in [6, 6.07) is 16.7. The van der Waals surface area contributed by atoms with Crippen LogP contribution < -0.4 is 10.4 Å². The molecule has 0 nitrogen and oxygen atoms in total. The number of benzene rings is 2. The van der Waals surface area contributed by atoms with Gasteiger partial charge in [0.1, 0.15) is 0 Å². The molecule has 0 spiro atoms. The van der Waals surface area contributed by atoms with Gasteiger partial charge in [0.2, 0.25) is 0 Å². The molecule has 0 amide bonds. The van der Waals surface area contributed by atoms with Gasteiger partial charge < -0.3 is 0 Å². The molecule has 28 heavy (non-hydrogen) atoms. The highest BCUT2D eigenvalue weighted by atomic mass is 32.1. The molecular weight excluding hydrogens is 376 g/mol. The molecule has 2 heteroatoms. The predicted octanol–water partition coefficient (Wildman–Crippen LogP) is 5.57. The summed E-state index contributed by atoms with van der Waals surface area (Å²) >= 11 is 10.8. The predicted molar refractivity (Wildman–Crippen MR) is 129 cm³/mol. The van der Waals surface area contributed by atoms with E-state index in [-0.39, 0.29) is 5.41 Å². The first-order valence-electron chi connectivity index (χ1n) is 9.52. The molecule has 3 rings (SSSR count). The number of hydrogen-bond acceptors (Lipinski definition) is 2. The first kappa shape index (κ1) is 20.6. The monoisotopic (exact) mass is 402 g/mol. The Kier molecular flexibility index (Phi) is 6.22. The second-order valence-corrected chi connectivity index (χ2v) is 8.39. The molecule has 2 atom stereocenters. The molecule has 2 unspecified atom stereocenters. The first-order chi connectivity index (χ1) is 13.4. The summed E-state index contributed by atoms with van der Waals surface area (Å²) in [5.74, 6) is 0. The third-order valence-electron chi connectivity index (χ3n) is 5.73. The minimum atomic E-state index is -0.444. The molecule has 0 saturated carbocycles. The molecule has 0 aromatic heterocycles. The van der Waals surface area contributed by atoms with Crippen LogP contribution in [0.15, 0.2) is 89.9 Å². The maximum absolute atomic E-state index is 6.02. The largest absolute Gasteiger partial charge is 0.143 e. The maximum Gasteiger partial charge on any atom is 0.0410 e. The molecule has 2 aromatic rings. The van der Waals surface area contributed by atoms with Crippen molar-refractivity contribution in [1.82, 2.24) is 0 Å². The van der Waals surface area contributed by atoms with Crippen LogP contribution >= 0.6 is 24.8 Å². The quantitative estimate of drug-likeness (QED) is 0.295. The van der Waals surface area contributed by atoms with Crippen molar-refractivity contribution in [3.05, 3.63) is 101 Å². The number of rotatable bonds is 5. The summed E-state index contributed by atoms with van der Waals surface area (Å²) in [6.45, 7) is 6.50. The van der Waals surface area contributed by atoms with E-state index < -0.39 is 5.41 Å². The van der Waals surface area contributed by atoms with Gasteiger partial charge in [-0.3, -0.25) is 0 Å². The zero-order valence-electron chi connectivity index (χ0n) is 16.6. The van der Waals surface area contributed by atoms with Crippen LogP contribution in [0.1, 0.15) is 26.3 Å². The molecule has 0 heterocycles. The molecule has 142 valence electrons. The molecular formula is C26H26S2. The lowest BCUT2D eigenvalue weighted by atomic mass is 9.59. The summed E-state index contributed by atoms with van der Waals surface area (Å²) < 4.78 is 0. The van der Waals surface area contributed by atoms with Gasteiger partial charge in [0.05, 0.1) is 0 Å². The Labute approximate surface area is 179 Å². The van der Waals surface area contributed by atoms with Gasteiger partial charge in [-0.15, -0.1) is 12.6 Å². The summed E-state index contributed by atoms with van der Waals surface area (Å²) in [7, 11) is 0. The minimum absolute atomic E-state index is 0.327. The molecule has 1 aliphatic rings. The minimum Gasteiger partial charge on any atom is -0.143 e. The van der Waals surface area contributed by atoms with Crippen molar-refractivity contribution in [3.8, 4) is 0 Å². The summed E-state index contributed by atoms with van der Waals surface area (Å²) in [6.07, 6.45) is 17.0. The lowest BCUT2D eigenvalue weighted by molar-refractivity contribution is 0.403. The third kappa shape index (κ3) is 3.72. The van der Waals surface area contributed by atoms with Crippen LogP contribution in [-0.2, 0) is 5.41 Å². The summed E-state index contributed by atoms with van der Waals surface area (Å²) in [4.78, 5) is 1.84. The molecule has 0 aliphatic heterocycles. The second kappa shape index (κ2) is 8.46. The van der Waals surface area contributed by atoms with Crippen molar-refractivity contribution in [2.24, 2.45) is 5.41 Å². The molecule has 2 aromatic carbocycles. The SMILES string of the molecule is C/C=C\C=C/C(=S)C(C)(c1ccccc1S)C1(C)C=CC=c2ccccc2=C1. The Morgan fingerprint density at radius 2 is 1.71 bits per heavy atom. The van der Waals surface area contributed by atoms with E-state index in [1.54, 1.807) is 0 Å². The molecule has 0 fully saturated rings. The van der Waals surface area contributed by atoms with Crippen LogP contribution in [0, 0.1) is 5.41 Å². The van der Waals surface area contributed by atoms with Gasteiger partial charge in [0.15, 0.2) is 0 Å². The fraction of sp³-hybridized carbons (Fsp3) is 0.192. The first-order valence-corrected chi connectivity index (χ1v) is 10.4. The van der Waals surface area contributed by atoms with E-state index in [2.05, 4.69) is 74.5 Å². The van der Waals surface area contributed by atoms with Crippen LogP contribution in [0.25, 0.3) is 12.2 Å². The molecule has 1 aliphatic carbocycles.